The van der Waals surface area contributed by atoms with Crippen LogP contribution in [0.1, 0.15) is 51.5 Å². The number of aromatic nitrogens is 1. The van der Waals surface area contributed by atoms with Crippen LogP contribution in [0.4, 0.5) is 5.82 Å². The van der Waals surface area contributed by atoms with Crippen LogP contribution in [0.15, 0.2) is 48.2 Å². The van der Waals surface area contributed by atoms with Crippen LogP contribution in [-0.4, -0.2) is 23.7 Å². The van der Waals surface area contributed by atoms with Gasteiger partial charge in [0.05, 0.1) is 0 Å². The lowest BCUT2D eigenvalue weighted by molar-refractivity contribution is -0.115. The third-order valence-corrected chi connectivity index (χ3v) is 5.74. The second kappa shape index (κ2) is 8.05. The van der Waals surface area contributed by atoms with E-state index in [1.54, 1.807) is 6.20 Å². The number of pyridine rings is 1. The van der Waals surface area contributed by atoms with Crippen molar-refractivity contribution in [1.29, 1.82) is 0 Å². The van der Waals surface area contributed by atoms with Crippen molar-refractivity contribution in [2.75, 3.05) is 11.7 Å². The largest absolute Gasteiger partial charge is 0.454 e. The van der Waals surface area contributed by atoms with Crippen LogP contribution in [0.3, 0.4) is 0 Å². The van der Waals surface area contributed by atoms with Gasteiger partial charge in [0.1, 0.15) is 5.82 Å². The Bertz CT molecular complexity index is 886. The molecule has 5 nitrogen and oxygen atoms in total. The molecule has 28 heavy (non-hydrogen) atoms. The predicted octanol–water partition coefficient (Wildman–Crippen LogP) is 4.97. The zero-order valence-electron chi connectivity index (χ0n) is 16.5. The normalized spacial score (nSPS) is 17.2. The van der Waals surface area contributed by atoms with Crippen LogP contribution in [0, 0.1) is 0 Å². The van der Waals surface area contributed by atoms with Gasteiger partial charge in [-0.3, -0.25) is 9.69 Å². The summed E-state index contributed by atoms with van der Waals surface area (Å²) >= 11 is 0. The molecule has 2 aliphatic rings. The zero-order chi connectivity index (χ0) is 19.5. The topological polar surface area (TPSA) is 51.7 Å². The van der Waals surface area contributed by atoms with Crippen molar-refractivity contribution in [1.82, 2.24) is 4.98 Å². The van der Waals surface area contributed by atoms with Crippen molar-refractivity contribution in [3.63, 3.8) is 0 Å². The van der Waals surface area contributed by atoms with Crippen LogP contribution < -0.4 is 14.4 Å². The Labute approximate surface area is 166 Å². The van der Waals surface area contributed by atoms with Gasteiger partial charge in [-0.1, -0.05) is 31.4 Å². The molecule has 2 heterocycles. The molecule has 1 amide bonds. The van der Waals surface area contributed by atoms with Crippen LogP contribution in [0.2, 0.25) is 0 Å². The Hall–Kier alpha value is -2.82. The Morgan fingerprint density at radius 1 is 1.04 bits per heavy atom. The van der Waals surface area contributed by atoms with Gasteiger partial charge < -0.3 is 9.47 Å². The molecule has 1 aliphatic carbocycles. The van der Waals surface area contributed by atoms with Gasteiger partial charge >= 0.3 is 0 Å². The number of ether oxygens (including phenoxy) is 2. The van der Waals surface area contributed by atoms with Gasteiger partial charge in [-0.2, -0.15) is 0 Å². The van der Waals surface area contributed by atoms with Gasteiger partial charge in [0.15, 0.2) is 11.5 Å². The Kier molecular flexibility index (Phi) is 5.33. The number of carbonyl (C=O) groups excluding carboxylic acids is 1. The van der Waals surface area contributed by atoms with E-state index >= 15 is 0 Å². The minimum atomic E-state index is 0.0285. The van der Waals surface area contributed by atoms with Gasteiger partial charge in [0.25, 0.3) is 5.91 Å². The number of hydrogen-bond acceptors (Lipinski definition) is 4. The lowest BCUT2D eigenvalue weighted by Crippen LogP contribution is -2.42. The first kappa shape index (κ1) is 18.5. The number of nitrogens with zero attached hydrogens (tertiary/aromatic N) is 2. The number of hydrogen-bond donors (Lipinski definition) is 0. The first-order chi connectivity index (χ1) is 13.6. The Morgan fingerprint density at radius 3 is 2.57 bits per heavy atom. The van der Waals surface area contributed by atoms with Crippen molar-refractivity contribution in [2.24, 2.45) is 0 Å². The molecule has 4 rings (SSSR count). The van der Waals surface area contributed by atoms with Gasteiger partial charge in [0.2, 0.25) is 6.79 Å². The molecule has 1 fully saturated rings. The van der Waals surface area contributed by atoms with Gasteiger partial charge in [-0.25, -0.2) is 4.98 Å². The SMILES string of the molecule is CC(C(=O)N(c1ccccn1)C1CCCCC1)=C(C)c1ccc2c(c1)OCO2. The minimum Gasteiger partial charge on any atom is -0.454 e. The smallest absolute Gasteiger partial charge is 0.255 e. The van der Waals surface area contributed by atoms with Crippen LogP contribution >= 0.6 is 0 Å². The zero-order valence-corrected chi connectivity index (χ0v) is 16.5. The van der Waals surface area contributed by atoms with Gasteiger partial charge in [-0.15, -0.1) is 0 Å². The molecule has 2 aromatic rings. The molecule has 0 N–H and O–H groups in total. The fourth-order valence-corrected chi connectivity index (χ4v) is 3.98. The third kappa shape index (κ3) is 3.61. The molecule has 0 bridgehead atoms. The molecule has 146 valence electrons. The van der Waals surface area contributed by atoms with Gasteiger partial charge in [0, 0.05) is 17.8 Å². The summed E-state index contributed by atoms with van der Waals surface area (Å²) < 4.78 is 10.9. The van der Waals surface area contributed by atoms with Crippen molar-refractivity contribution in [2.45, 2.75) is 52.0 Å². The summed E-state index contributed by atoms with van der Waals surface area (Å²) in [5, 5.41) is 0. The molecule has 1 saturated carbocycles. The molecule has 1 aromatic carbocycles. The summed E-state index contributed by atoms with van der Waals surface area (Å²) in [6.45, 7) is 4.14. The average molecular weight is 378 g/mol. The van der Waals surface area contributed by atoms with Crippen molar-refractivity contribution < 1.29 is 14.3 Å². The van der Waals surface area contributed by atoms with Crippen LogP contribution in [0.5, 0.6) is 11.5 Å². The van der Waals surface area contributed by atoms with E-state index in [0.717, 1.165) is 59.7 Å². The van der Waals surface area contributed by atoms with E-state index in [0.29, 0.717) is 0 Å². The second-order valence-electron chi connectivity index (χ2n) is 7.47. The lowest BCUT2D eigenvalue weighted by atomic mass is 9.93. The first-order valence-corrected chi connectivity index (χ1v) is 9.97. The summed E-state index contributed by atoms with van der Waals surface area (Å²) in [5.74, 6) is 2.24. The molecule has 0 unspecified atom stereocenters. The summed E-state index contributed by atoms with van der Waals surface area (Å²) in [6, 6.07) is 11.8. The highest BCUT2D eigenvalue weighted by Gasteiger charge is 2.29. The summed E-state index contributed by atoms with van der Waals surface area (Å²) in [6.07, 6.45) is 7.36. The van der Waals surface area contributed by atoms with Crippen molar-refractivity contribution in [3.8, 4) is 11.5 Å². The van der Waals surface area contributed by atoms with E-state index in [2.05, 4.69) is 4.98 Å². The molecule has 0 spiro atoms. The molecule has 0 radical (unpaired) electrons. The average Bonchev–Trinajstić information content (AvgIpc) is 3.22. The summed E-state index contributed by atoms with van der Waals surface area (Å²) in [5.41, 5.74) is 2.65. The molecular weight excluding hydrogens is 352 g/mol. The lowest BCUT2D eigenvalue weighted by Gasteiger charge is -2.34. The first-order valence-electron chi connectivity index (χ1n) is 9.97. The highest BCUT2D eigenvalue weighted by atomic mass is 16.7. The maximum atomic E-state index is 13.6. The fourth-order valence-electron chi connectivity index (χ4n) is 3.98. The Morgan fingerprint density at radius 2 is 1.82 bits per heavy atom. The van der Waals surface area contributed by atoms with Gasteiger partial charge in [-0.05, 0) is 62.1 Å². The standard InChI is InChI=1S/C23H26N2O3/c1-16(18-11-12-20-21(14-18)28-15-27-20)17(2)23(26)25(19-8-4-3-5-9-19)22-10-6-7-13-24-22/h6-7,10-14,19H,3-5,8-9,15H2,1-2H3. The van der Waals surface area contributed by atoms with E-state index in [4.69, 9.17) is 9.47 Å². The van der Waals surface area contributed by atoms with E-state index in [1.165, 1.54) is 6.42 Å². The predicted molar refractivity (Wildman–Crippen MR) is 109 cm³/mol. The maximum Gasteiger partial charge on any atom is 0.255 e. The number of anilines is 1. The fraction of sp³-hybridized carbons (Fsp3) is 0.391. The highest BCUT2D eigenvalue weighted by molar-refractivity contribution is 6.09. The summed E-state index contributed by atoms with van der Waals surface area (Å²) in [4.78, 5) is 20.0. The van der Waals surface area contributed by atoms with E-state index in [-0.39, 0.29) is 18.7 Å². The van der Waals surface area contributed by atoms with Crippen LogP contribution in [0.25, 0.3) is 5.57 Å². The molecule has 0 saturated heterocycles. The van der Waals surface area contributed by atoms with E-state index in [9.17, 15) is 4.79 Å². The van der Waals surface area contributed by atoms with Crippen molar-refractivity contribution in [3.05, 3.63) is 53.7 Å². The summed E-state index contributed by atoms with van der Waals surface area (Å²) in [7, 11) is 0. The number of benzene rings is 1. The maximum absolute atomic E-state index is 13.6. The molecule has 0 atom stereocenters. The molecule has 5 heteroatoms. The minimum absolute atomic E-state index is 0.0285. The highest BCUT2D eigenvalue weighted by Crippen LogP contribution is 2.35. The molecule has 1 aliphatic heterocycles. The van der Waals surface area contributed by atoms with Crippen LogP contribution in [-0.2, 0) is 4.79 Å². The Balaban J connectivity index is 1.68. The number of rotatable bonds is 4. The number of fused-ring (bicyclic) bond motifs is 1. The van der Waals surface area contributed by atoms with E-state index in [1.807, 2.05) is 55.1 Å². The second-order valence-corrected chi connectivity index (χ2v) is 7.47. The quantitative estimate of drug-likeness (QED) is 0.705. The van der Waals surface area contributed by atoms with E-state index < -0.39 is 0 Å². The molecule has 1 aromatic heterocycles. The third-order valence-electron chi connectivity index (χ3n) is 5.74. The number of amides is 1. The number of carbonyl (C=O) groups is 1. The van der Waals surface area contributed by atoms with Crippen molar-refractivity contribution >= 4 is 17.3 Å². The number of allylic oxidation sites excluding steroid dienone is 1. The molecular formula is C23H26N2O3. The monoisotopic (exact) mass is 378 g/mol.